The van der Waals surface area contributed by atoms with E-state index in [2.05, 4.69) is 25.9 Å². The average Bonchev–Trinajstić information content (AvgIpc) is 2.76. The largest absolute Gasteiger partial charge is 0.288 e. The van der Waals surface area contributed by atoms with Crippen LogP contribution in [0.4, 0.5) is 5.82 Å². The molecule has 0 bridgehead atoms. The summed E-state index contributed by atoms with van der Waals surface area (Å²) in [6.45, 7) is 1.92. The summed E-state index contributed by atoms with van der Waals surface area (Å²) in [6.07, 6.45) is 2.94. The fourth-order valence-corrected chi connectivity index (χ4v) is 2.57. The summed E-state index contributed by atoms with van der Waals surface area (Å²) in [4.78, 5) is 20.7. The Morgan fingerprint density at radius 2 is 2.00 bits per heavy atom. The summed E-state index contributed by atoms with van der Waals surface area (Å²) in [5, 5.41) is 4.51. The number of hydrogen-bond donors (Lipinski definition) is 2. The van der Waals surface area contributed by atoms with Crippen LogP contribution in [-0.4, -0.2) is 26.8 Å². The molecule has 0 spiro atoms. The number of hydrazine groups is 1. The summed E-state index contributed by atoms with van der Waals surface area (Å²) in [7, 11) is 0. The number of aryl methyl sites for hydroxylation is 1. The summed E-state index contributed by atoms with van der Waals surface area (Å²) in [5.74, 6) is 0.161. The topological polar surface area (TPSA) is 83.7 Å². The van der Waals surface area contributed by atoms with Crippen LogP contribution in [-0.2, 0) is 0 Å². The van der Waals surface area contributed by atoms with E-state index in [0.29, 0.717) is 17.0 Å². The minimum absolute atomic E-state index is 0.295. The first-order chi connectivity index (χ1) is 10.8. The molecule has 0 unspecified atom stereocenters. The molecule has 108 valence electrons. The number of aliphatic imine (C=N–C) groups is 1. The predicted molar refractivity (Wildman–Crippen MR) is 81.9 cm³/mol. The van der Waals surface area contributed by atoms with Gasteiger partial charge in [-0.05, 0) is 12.5 Å². The van der Waals surface area contributed by atoms with E-state index < -0.39 is 0 Å². The third-order valence-electron chi connectivity index (χ3n) is 3.54. The van der Waals surface area contributed by atoms with Crippen LogP contribution in [0, 0.1) is 6.92 Å². The zero-order chi connectivity index (χ0) is 15.1. The maximum absolute atomic E-state index is 12.0. The van der Waals surface area contributed by atoms with Crippen molar-refractivity contribution in [3.63, 3.8) is 0 Å². The lowest BCUT2D eigenvalue weighted by molar-refractivity contribution is 0.0945. The van der Waals surface area contributed by atoms with Crippen LogP contribution in [0.2, 0.25) is 0 Å². The van der Waals surface area contributed by atoms with E-state index in [0.717, 1.165) is 16.8 Å². The SMILES string of the molecule is Cc1nn2c3c(cnc2c1-c1ccccc1)C(=O)NNC=N3. The Morgan fingerprint density at radius 3 is 2.82 bits per heavy atom. The monoisotopic (exact) mass is 292 g/mol. The molecule has 0 radical (unpaired) electrons. The quantitative estimate of drug-likeness (QED) is 0.713. The second-order valence-corrected chi connectivity index (χ2v) is 4.91. The average molecular weight is 292 g/mol. The van der Waals surface area contributed by atoms with Crippen molar-refractivity contribution >= 4 is 23.7 Å². The van der Waals surface area contributed by atoms with Crippen molar-refractivity contribution in [1.29, 1.82) is 0 Å². The molecular formula is C15H12N6O. The number of benzene rings is 1. The zero-order valence-electron chi connectivity index (χ0n) is 11.7. The van der Waals surface area contributed by atoms with Gasteiger partial charge in [0.05, 0.1) is 5.69 Å². The van der Waals surface area contributed by atoms with Crippen LogP contribution in [0.1, 0.15) is 16.1 Å². The number of amides is 1. The van der Waals surface area contributed by atoms with Gasteiger partial charge < -0.3 is 0 Å². The molecule has 1 amide bonds. The van der Waals surface area contributed by atoms with Crippen LogP contribution in [0.5, 0.6) is 0 Å². The van der Waals surface area contributed by atoms with Gasteiger partial charge in [0.2, 0.25) is 0 Å². The van der Waals surface area contributed by atoms with E-state index >= 15 is 0 Å². The number of nitrogens with one attached hydrogen (secondary N) is 2. The number of hydrogen-bond acceptors (Lipinski definition) is 5. The van der Waals surface area contributed by atoms with E-state index in [-0.39, 0.29) is 5.91 Å². The van der Waals surface area contributed by atoms with Crippen molar-refractivity contribution < 1.29 is 4.79 Å². The summed E-state index contributed by atoms with van der Waals surface area (Å²) in [5.41, 5.74) is 8.95. The molecule has 7 heteroatoms. The van der Waals surface area contributed by atoms with Gasteiger partial charge in [0, 0.05) is 11.8 Å². The molecule has 4 rings (SSSR count). The van der Waals surface area contributed by atoms with Gasteiger partial charge in [-0.1, -0.05) is 30.3 Å². The maximum atomic E-state index is 12.0. The zero-order valence-corrected chi connectivity index (χ0v) is 11.7. The Labute approximate surface area is 125 Å². The lowest BCUT2D eigenvalue weighted by Gasteiger charge is -2.04. The molecule has 2 aromatic heterocycles. The van der Waals surface area contributed by atoms with Gasteiger partial charge in [-0.25, -0.2) is 9.98 Å². The van der Waals surface area contributed by atoms with E-state index in [4.69, 9.17) is 0 Å². The summed E-state index contributed by atoms with van der Waals surface area (Å²) in [6, 6.07) is 9.92. The van der Waals surface area contributed by atoms with Gasteiger partial charge >= 0.3 is 0 Å². The molecule has 22 heavy (non-hydrogen) atoms. The fraction of sp³-hybridized carbons (Fsp3) is 0.0667. The predicted octanol–water partition coefficient (Wildman–Crippen LogP) is 1.61. The Kier molecular flexibility index (Phi) is 2.65. The fourth-order valence-electron chi connectivity index (χ4n) is 2.57. The van der Waals surface area contributed by atoms with E-state index in [1.165, 1.54) is 12.5 Å². The molecule has 3 aromatic rings. The minimum Gasteiger partial charge on any atom is -0.288 e. The van der Waals surface area contributed by atoms with Crippen molar-refractivity contribution in [2.24, 2.45) is 4.99 Å². The number of carbonyl (C=O) groups excluding carboxylic acids is 1. The normalized spacial score (nSPS) is 13.4. The van der Waals surface area contributed by atoms with Crippen LogP contribution in [0.25, 0.3) is 16.8 Å². The van der Waals surface area contributed by atoms with Gasteiger partial charge in [0.25, 0.3) is 5.91 Å². The number of aromatic nitrogens is 3. The molecule has 2 N–H and O–H groups in total. The van der Waals surface area contributed by atoms with Crippen LogP contribution < -0.4 is 10.9 Å². The number of nitrogens with zero attached hydrogens (tertiary/aromatic N) is 4. The molecule has 1 aliphatic rings. The molecule has 0 atom stereocenters. The Balaban J connectivity index is 2.05. The highest BCUT2D eigenvalue weighted by atomic mass is 16.2. The van der Waals surface area contributed by atoms with E-state index in [1.54, 1.807) is 4.52 Å². The van der Waals surface area contributed by atoms with Crippen LogP contribution in [0.15, 0.2) is 41.5 Å². The summed E-state index contributed by atoms with van der Waals surface area (Å²) >= 11 is 0. The first-order valence-corrected chi connectivity index (χ1v) is 6.78. The second-order valence-electron chi connectivity index (χ2n) is 4.91. The highest BCUT2D eigenvalue weighted by Crippen LogP contribution is 2.30. The maximum Gasteiger partial charge on any atom is 0.275 e. The molecule has 0 saturated carbocycles. The molecule has 0 aliphatic carbocycles. The Morgan fingerprint density at radius 1 is 1.18 bits per heavy atom. The highest BCUT2D eigenvalue weighted by Gasteiger charge is 2.21. The van der Waals surface area contributed by atoms with Gasteiger partial charge in [0.1, 0.15) is 11.9 Å². The first kappa shape index (κ1) is 12.5. The van der Waals surface area contributed by atoms with Gasteiger partial charge in [-0.3, -0.25) is 15.6 Å². The van der Waals surface area contributed by atoms with Crippen molar-refractivity contribution in [2.45, 2.75) is 6.92 Å². The minimum atomic E-state index is -0.295. The number of carbonyl (C=O) groups is 1. The third kappa shape index (κ3) is 1.76. The molecular weight excluding hydrogens is 280 g/mol. The van der Waals surface area contributed by atoms with Crippen LogP contribution in [0.3, 0.4) is 0 Å². The highest BCUT2D eigenvalue weighted by molar-refractivity contribution is 6.00. The van der Waals surface area contributed by atoms with Gasteiger partial charge in [0.15, 0.2) is 11.5 Å². The van der Waals surface area contributed by atoms with Crippen molar-refractivity contribution in [3.8, 4) is 11.1 Å². The van der Waals surface area contributed by atoms with Crippen molar-refractivity contribution in [3.05, 3.63) is 47.8 Å². The molecule has 0 fully saturated rings. The Bertz CT molecular complexity index is 913. The van der Waals surface area contributed by atoms with Gasteiger partial charge in [-0.15, -0.1) is 0 Å². The van der Waals surface area contributed by atoms with Crippen molar-refractivity contribution in [1.82, 2.24) is 25.4 Å². The van der Waals surface area contributed by atoms with Crippen molar-refractivity contribution in [2.75, 3.05) is 0 Å². The molecule has 0 saturated heterocycles. The lowest BCUT2D eigenvalue weighted by Crippen LogP contribution is -2.34. The smallest absolute Gasteiger partial charge is 0.275 e. The third-order valence-corrected chi connectivity index (χ3v) is 3.54. The number of fused-ring (bicyclic) bond motifs is 3. The lowest BCUT2D eigenvalue weighted by atomic mass is 10.1. The first-order valence-electron chi connectivity index (χ1n) is 6.78. The van der Waals surface area contributed by atoms with Gasteiger partial charge in [-0.2, -0.15) is 9.61 Å². The molecule has 3 heterocycles. The standard InChI is InChI=1S/C15H12N6O/c1-9-12(10-5-3-2-4-6-10)14-16-7-11-13(21(14)20-9)17-8-18-19-15(11)22/h2-8H,1H3,(H,17,18)(H,19,22). The Hall–Kier alpha value is -3.22. The molecule has 1 aliphatic heterocycles. The second kappa shape index (κ2) is 4.66. The summed E-state index contributed by atoms with van der Waals surface area (Å²) < 4.78 is 1.61. The van der Waals surface area contributed by atoms with E-state index in [1.807, 2.05) is 37.3 Å². The molecule has 7 nitrogen and oxygen atoms in total. The number of rotatable bonds is 1. The van der Waals surface area contributed by atoms with E-state index in [9.17, 15) is 4.79 Å². The molecule has 1 aromatic carbocycles. The van der Waals surface area contributed by atoms with Crippen LogP contribution >= 0.6 is 0 Å².